The Morgan fingerprint density at radius 1 is 0.893 bits per heavy atom. The maximum absolute atomic E-state index is 14.0. The Balaban J connectivity index is 1.64. The molecule has 0 aromatic heterocycles. The first kappa shape index (κ1) is 19.8. The van der Waals surface area contributed by atoms with Crippen molar-refractivity contribution in [3.8, 4) is 0 Å². The molecule has 7 heteroatoms. The van der Waals surface area contributed by atoms with E-state index in [9.17, 15) is 18.4 Å². The van der Waals surface area contributed by atoms with E-state index in [1.54, 1.807) is 29.2 Å². The molecule has 0 atom stereocenters. The normalized spacial score (nSPS) is 14.7. The summed E-state index contributed by atoms with van der Waals surface area (Å²) < 4.78 is 27.7. The first-order valence-corrected chi connectivity index (χ1v) is 9.15. The minimum Gasteiger partial charge on any atom is -0.366 e. The first-order chi connectivity index (χ1) is 13.3. The third-order valence-corrected chi connectivity index (χ3v) is 4.98. The Morgan fingerprint density at radius 2 is 1.46 bits per heavy atom. The summed E-state index contributed by atoms with van der Waals surface area (Å²) >= 11 is 0. The van der Waals surface area contributed by atoms with Crippen molar-refractivity contribution in [1.29, 1.82) is 0 Å². The molecule has 1 aliphatic heterocycles. The number of carbonyl (C=O) groups is 2. The van der Waals surface area contributed by atoms with Crippen LogP contribution in [0.2, 0.25) is 0 Å². The quantitative estimate of drug-likeness (QED) is 0.820. The summed E-state index contributed by atoms with van der Waals surface area (Å²) in [5, 5.41) is 2.49. The highest BCUT2D eigenvalue weighted by Gasteiger charge is 2.40. The third-order valence-electron chi connectivity index (χ3n) is 4.98. The predicted octanol–water partition coefficient (Wildman–Crippen LogP) is 3.28. The number of benzene rings is 2. The van der Waals surface area contributed by atoms with Crippen LogP contribution in [0.4, 0.5) is 20.2 Å². The van der Waals surface area contributed by atoms with E-state index in [4.69, 9.17) is 0 Å². The van der Waals surface area contributed by atoms with Crippen LogP contribution in [0.5, 0.6) is 0 Å². The number of anilines is 2. The molecule has 0 spiro atoms. The number of piperazine rings is 1. The van der Waals surface area contributed by atoms with Gasteiger partial charge in [0.15, 0.2) is 0 Å². The summed E-state index contributed by atoms with van der Waals surface area (Å²) in [6, 6.07) is 12.3. The lowest BCUT2D eigenvalue weighted by Gasteiger charge is -2.39. The summed E-state index contributed by atoms with van der Waals surface area (Å²) in [7, 11) is 0. The van der Waals surface area contributed by atoms with Gasteiger partial charge in [-0.2, -0.15) is 0 Å². The van der Waals surface area contributed by atoms with Crippen molar-refractivity contribution in [2.45, 2.75) is 13.8 Å². The summed E-state index contributed by atoms with van der Waals surface area (Å²) in [4.78, 5) is 29.0. The van der Waals surface area contributed by atoms with E-state index in [1.165, 1.54) is 38.1 Å². The van der Waals surface area contributed by atoms with Gasteiger partial charge in [-0.3, -0.25) is 9.59 Å². The molecule has 0 bridgehead atoms. The number of nitrogens with zero attached hydrogens (tertiary/aromatic N) is 2. The molecule has 2 aromatic rings. The molecule has 0 aliphatic carbocycles. The molecule has 3 rings (SSSR count). The molecule has 0 saturated carbocycles. The lowest BCUT2D eigenvalue weighted by atomic mass is 9.89. The van der Waals surface area contributed by atoms with E-state index >= 15 is 0 Å². The number of carbonyl (C=O) groups excluding carboxylic acids is 2. The fourth-order valence-electron chi connectivity index (χ4n) is 3.19. The van der Waals surface area contributed by atoms with Crippen molar-refractivity contribution < 1.29 is 18.4 Å². The van der Waals surface area contributed by atoms with Gasteiger partial charge in [-0.25, -0.2) is 8.78 Å². The van der Waals surface area contributed by atoms with Gasteiger partial charge >= 0.3 is 0 Å². The molecule has 1 aliphatic rings. The van der Waals surface area contributed by atoms with Crippen LogP contribution in [0.1, 0.15) is 13.8 Å². The minimum absolute atomic E-state index is 0.0396. The third kappa shape index (κ3) is 3.98. The maximum Gasteiger partial charge on any atom is 0.239 e. The second-order valence-corrected chi connectivity index (χ2v) is 7.29. The van der Waals surface area contributed by atoms with Crippen LogP contribution < -0.4 is 10.2 Å². The van der Waals surface area contributed by atoms with Crippen molar-refractivity contribution >= 4 is 23.2 Å². The Kier molecular flexibility index (Phi) is 5.63. The van der Waals surface area contributed by atoms with E-state index in [0.29, 0.717) is 31.9 Å². The second-order valence-electron chi connectivity index (χ2n) is 7.29. The van der Waals surface area contributed by atoms with Crippen LogP contribution in [-0.4, -0.2) is 42.9 Å². The Morgan fingerprint density at radius 3 is 2.07 bits per heavy atom. The fourth-order valence-corrected chi connectivity index (χ4v) is 3.19. The van der Waals surface area contributed by atoms with Crippen molar-refractivity contribution in [3.05, 3.63) is 60.2 Å². The number of para-hydroxylation sites is 2. The Bertz CT molecular complexity index is 877. The zero-order chi connectivity index (χ0) is 20.3. The van der Waals surface area contributed by atoms with Gasteiger partial charge in [0.05, 0.1) is 11.4 Å². The number of nitrogens with one attached hydrogen (secondary N) is 1. The number of hydrogen-bond acceptors (Lipinski definition) is 3. The minimum atomic E-state index is -1.36. The highest BCUT2D eigenvalue weighted by Crippen LogP contribution is 2.25. The molecular weight excluding hydrogens is 364 g/mol. The Hall–Kier alpha value is -2.96. The number of rotatable bonds is 4. The molecule has 1 fully saturated rings. The standard InChI is InChI=1S/C21H23F2N3O2/c1-21(2,19(27)24-17-9-5-3-7-15(17)22)20(28)26-13-11-25(12-14-26)18-10-6-4-8-16(18)23/h3-10H,11-14H2,1-2H3,(H,24,27). The van der Waals surface area contributed by atoms with Crippen LogP contribution in [0.3, 0.4) is 0 Å². The first-order valence-electron chi connectivity index (χ1n) is 9.15. The average Bonchev–Trinajstić information content (AvgIpc) is 2.69. The number of hydrogen-bond donors (Lipinski definition) is 1. The van der Waals surface area contributed by atoms with E-state index < -0.39 is 17.1 Å². The molecule has 0 radical (unpaired) electrons. The molecule has 2 amide bonds. The van der Waals surface area contributed by atoms with Crippen LogP contribution >= 0.6 is 0 Å². The zero-order valence-electron chi connectivity index (χ0n) is 15.9. The smallest absolute Gasteiger partial charge is 0.239 e. The number of halogens is 2. The number of amides is 2. The van der Waals surface area contributed by atoms with Gasteiger partial charge in [0, 0.05) is 26.2 Å². The van der Waals surface area contributed by atoms with Crippen LogP contribution in [0.15, 0.2) is 48.5 Å². The zero-order valence-corrected chi connectivity index (χ0v) is 15.9. The highest BCUT2D eigenvalue weighted by molar-refractivity contribution is 6.09. The van der Waals surface area contributed by atoms with Crippen molar-refractivity contribution in [2.24, 2.45) is 5.41 Å². The van der Waals surface area contributed by atoms with Crippen LogP contribution in [-0.2, 0) is 9.59 Å². The van der Waals surface area contributed by atoms with Crippen molar-refractivity contribution in [1.82, 2.24) is 4.90 Å². The van der Waals surface area contributed by atoms with E-state index in [2.05, 4.69) is 5.32 Å². The van der Waals surface area contributed by atoms with Crippen LogP contribution in [0, 0.1) is 17.0 Å². The van der Waals surface area contributed by atoms with E-state index in [-0.39, 0.29) is 17.4 Å². The van der Waals surface area contributed by atoms with Gasteiger partial charge in [0.2, 0.25) is 11.8 Å². The molecule has 5 nitrogen and oxygen atoms in total. The molecule has 28 heavy (non-hydrogen) atoms. The molecule has 148 valence electrons. The SMILES string of the molecule is CC(C)(C(=O)Nc1ccccc1F)C(=O)N1CCN(c2ccccc2F)CC1. The van der Waals surface area contributed by atoms with Gasteiger partial charge < -0.3 is 15.1 Å². The maximum atomic E-state index is 14.0. The van der Waals surface area contributed by atoms with Gasteiger partial charge in [-0.15, -0.1) is 0 Å². The topological polar surface area (TPSA) is 52.7 Å². The molecule has 2 aromatic carbocycles. The summed E-state index contributed by atoms with van der Waals surface area (Å²) in [5.41, 5.74) is -0.813. The second kappa shape index (κ2) is 7.96. The van der Waals surface area contributed by atoms with Gasteiger partial charge in [0.25, 0.3) is 0 Å². The van der Waals surface area contributed by atoms with Gasteiger partial charge in [0.1, 0.15) is 17.0 Å². The lowest BCUT2D eigenvalue weighted by molar-refractivity contribution is -0.146. The molecule has 1 heterocycles. The van der Waals surface area contributed by atoms with Crippen LogP contribution in [0.25, 0.3) is 0 Å². The van der Waals surface area contributed by atoms with Gasteiger partial charge in [-0.05, 0) is 38.1 Å². The summed E-state index contributed by atoms with van der Waals surface area (Å²) in [5.74, 6) is -1.77. The molecule has 0 unspecified atom stereocenters. The molecule has 1 N–H and O–H groups in total. The van der Waals surface area contributed by atoms with Crippen molar-refractivity contribution in [2.75, 3.05) is 36.4 Å². The lowest BCUT2D eigenvalue weighted by Crippen LogP contribution is -2.54. The monoisotopic (exact) mass is 387 g/mol. The predicted molar refractivity (Wildman–Crippen MR) is 104 cm³/mol. The van der Waals surface area contributed by atoms with E-state index in [1.807, 2.05) is 4.90 Å². The summed E-state index contributed by atoms with van der Waals surface area (Å²) in [6.45, 7) is 4.74. The molecular formula is C21H23F2N3O2. The van der Waals surface area contributed by atoms with Gasteiger partial charge in [-0.1, -0.05) is 24.3 Å². The summed E-state index contributed by atoms with van der Waals surface area (Å²) in [6.07, 6.45) is 0. The molecule has 1 saturated heterocycles. The largest absolute Gasteiger partial charge is 0.366 e. The van der Waals surface area contributed by atoms with Crippen molar-refractivity contribution in [3.63, 3.8) is 0 Å². The highest BCUT2D eigenvalue weighted by atomic mass is 19.1. The Labute approximate surface area is 162 Å². The average molecular weight is 387 g/mol. The fraction of sp³-hybridized carbons (Fsp3) is 0.333. The van der Waals surface area contributed by atoms with E-state index in [0.717, 1.165) is 0 Å².